The Morgan fingerprint density at radius 1 is 0.895 bits per heavy atom. The Bertz CT molecular complexity index is 1770. The van der Waals surface area contributed by atoms with Gasteiger partial charge in [0, 0.05) is 41.6 Å². The number of halogens is 1. The molecule has 1 fully saturated rings. The molecule has 6 heterocycles. The number of pyridine rings is 3. The van der Waals surface area contributed by atoms with Gasteiger partial charge in [0.1, 0.15) is 22.7 Å². The predicted molar refractivity (Wildman–Crippen MR) is 145 cm³/mol. The van der Waals surface area contributed by atoms with Crippen molar-refractivity contribution < 1.29 is 4.39 Å². The van der Waals surface area contributed by atoms with E-state index in [0.29, 0.717) is 28.3 Å². The fraction of sp³-hybridized carbons (Fsp3) is 0.207. The van der Waals surface area contributed by atoms with E-state index in [-0.39, 0.29) is 5.82 Å². The van der Waals surface area contributed by atoms with Crippen LogP contribution in [0.4, 0.5) is 4.39 Å². The number of nitrogens with one attached hydrogen (secondary N) is 2. The van der Waals surface area contributed by atoms with Gasteiger partial charge < -0.3 is 4.98 Å². The maximum absolute atomic E-state index is 14.5. The molecule has 5 aromatic heterocycles. The fourth-order valence-corrected chi connectivity index (χ4v) is 5.24. The van der Waals surface area contributed by atoms with Crippen LogP contribution in [-0.2, 0) is 6.54 Å². The van der Waals surface area contributed by atoms with Crippen molar-refractivity contribution in [2.75, 3.05) is 13.1 Å². The highest BCUT2D eigenvalue weighted by atomic mass is 19.1. The highest BCUT2D eigenvalue weighted by molar-refractivity contribution is 5.96. The molecule has 8 nitrogen and oxygen atoms in total. The number of fused-ring (bicyclic) bond motifs is 2. The molecular formula is C29H25FN8. The number of nitrogens with zero attached hydrogens (tertiary/aromatic N) is 6. The molecule has 0 bridgehead atoms. The summed E-state index contributed by atoms with van der Waals surface area (Å²) < 4.78 is 14.5. The molecule has 1 aromatic carbocycles. The summed E-state index contributed by atoms with van der Waals surface area (Å²) in [6, 6.07) is 12.6. The topological polar surface area (TPSA) is 99.3 Å². The zero-order chi connectivity index (χ0) is 25.5. The van der Waals surface area contributed by atoms with E-state index in [2.05, 4.69) is 41.1 Å². The van der Waals surface area contributed by atoms with Gasteiger partial charge in [0.25, 0.3) is 0 Å². The van der Waals surface area contributed by atoms with Crippen LogP contribution in [-0.4, -0.2) is 53.1 Å². The second kappa shape index (κ2) is 9.42. The summed E-state index contributed by atoms with van der Waals surface area (Å²) in [7, 11) is 0. The number of hydrogen-bond donors (Lipinski definition) is 2. The first kappa shape index (κ1) is 22.7. The molecule has 0 atom stereocenters. The average molecular weight is 505 g/mol. The first-order valence-electron chi connectivity index (χ1n) is 12.8. The van der Waals surface area contributed by atoms with Gasteiger partial charge in [0.2, 0.25) is 0 Å². The van der Waals surface area contributed by atoms with Gasteiger partial charge in [0.05, 0.1) is 22.9 Å². The molecule has 2 N–H and O–H groups in total. The van der Waals surface area contributed by atoms with Crippen molar-refractivity contribution in [2.45, 2.75) is 25.8 Å². The highest BCUT2D eigenvalue weighted by Crippen LogP contribution is 2.32. The minimum absolute atomic E-state index is 0.339. The smallest absolute Gasteiger partial charge is 0.159 e. The summed E-state index contributed by atoms with van der Waals surface area (Å²) >= 11 is 0. The van der Waals surface area contributed by atoms with E-state index in [0.717, 1.165) is 47.3 Å². The lowest BCUT2D eigenvalue weighted by Crippen LogP contribution is -2.29. The molecule has 0 saturated carbocycles. The third kappa shape index (κ3) is 4.10. The summed E-state index contributed by atoms with van der Waals surface area (Å²) in [5, 5.41) is 8.48. The Balaban J connectivity index is 1.26. The van der Waals surface area contributed by atoms with Crippen molar-refractivity contribution in [1.82, 2.24) is 40.0 Å². The van der Waals surface area contributed by atoms with Crippen LogP contribution in [0.5, 0.6) is 0 Å². The number of benzene rings is 1. The second-order valence-corrected chi connectivity index (χ2v) is 9.73. The van der Waals surface area contributed by atoms with E-state index < -0.39 is 0 Å². The van der Waals surface area contributed by atoms with Crippen molar-refractivity contribution in [3.63, 3.8) is 0 Å². The van der Waals surface area contributed by atoms with E-state index in [1.807, 2.05) is 24.5 Å². The number of hydrogen-bond acceptors (Lipinski definition) is 6. The van der Waals surface area contributed by atoms with Crippen molar-refractivity contribution >= 4 is 21.9 Å². The third-order valence-corrected chi connectivity index (χ3v) is 7.15. The number of piperidine rings is 1. The van der Waals surface area contributed by atoms with Crippen LogP contribution in [0, 0.1) is 5.82 Å². The van der Waals surface area contributed by atoms with Gasteiger partial charge >= 0.3 is 0 Å². The summed E-state index contributed by atoms with van der Waals surface area (Å²) in [6.45, 7) is 3.17. The van der Waals surface area contributed by atoms with E-state index in [9.17, 15) is 4.39 Å². The lowest BCUT2D eigenvalue weighted by molar-refractivity contribution is 0.220. The third-order valence-electron chi connectivity index (χ3n) is 7.15. The van der Waals surface area contributed by atoms with Crippen LogP contribution in [0.15, 0.2) is 67.3 Å². The number of aromatic amines is 2. The fourth-order valence-electron chi connectivity index (χ4n) is 5.24. The lowest BCUT2D eigenvalue weighted by atomic mass is 10.1. The van der Waals surface area contributed by atoms with Gasteiger partial charge in [-0.15, -0.1) is 0 Å². The van der Waals surface area contributed by atoms with Gasteiger partial charge in [-0.2, -0.15) is 5.10 Å². The largest absolute Gasteiger partial charge is 0.336 e. The maximum atomic E-state index is 14.5. The van der Waals surface area contributed by atoms with Gasteiger partial charge in [-0.3, -0.25) is 25.0 Å². The Hall–Kier alpha value is -4.50. The summed E-state index contributed by atoms with van der Waals surface area (Å²) in [5.41, 5.74) is 6.67. The van der Waals surface area contributed by atoms with Gasteiger partial charge in [0.15, 0.2) is 5.82 Å². The number of H-pyrrole nitrogens is 2. The molecule has 7 rings (SSSR count). The molecule has 6 aromatic rings. The quantitative estimate of drug-likeness (QED) is 0.310. The SMILES string of the molecule is Fc1ccccc1-c1nccc2[nH]c(-c3n[nH]c4cnc(-c5cncc(CN6CCCCC6)c5)cc34)nc12. The van der Waals surface area contributed by atoms with Crippen LogP contribution in [0.25, 0.3) is 56.0 Å². The number of imidazole rings is 1. The first-order chi connectivity index (χ1) is 18.7. The molecule has 38 heavy (non-hydrogen) atoms. The Kier molecular flexibility index (Phi) is 5.62. The molecular weight excluding hydrogens is 479 g/mol. The molecule has 0 spiro atoms. The van der Waals surface area contributed by atoms with Crippen LogP contribution >= 0.6 is 0 Å². The van der Waals surface area contributed by atoms with Crippen molar-refractivity contribution in [2.24, 2.45) is 0 Å². The Morgan fingerprint density at radius 3 is 2.68 bits per heavy atom. The maximum Gasteiger partial charge on any atom is 0.159 e. The molecule has 1 saturated heterocycles. The average Bonchev–Trinajstić information content (AvgIpc) is 3.58. The lowest BCUT2D eigenvalue weighted by Gasteiger charge is -2.26. The van der Waals surface area contributed by atoms with Gasteiger partial charge in [-0.05, 0) is 61.8 Å². The molecule has 0 aliphatic carbocycles. The number of rotatable bonds is 5. The number of likely N-dealkylation sites (tertiary alicyclic amines) is 1. The van der Waals surface area contributed by atoms with E-state index in [1.165, 1.54) is 30.9 Å². The minimum Gasteiger partial charge on any atom is -0.336 e. The molecule has 1 aliphatic heterocycles. The Morgan fingerprint density at radius 2 is 1.79 bits per heavy atom. The first-order valence-corrected chi connectivity index (χ1v) is 12.8. The van der Waals surface area contributed by atoms with Crippen molar-refractivity contribution in [3.8, 4) is 34.0 Å². The van der Waals surface area contributed by atoms with E-state index in [1.54, 1.807) is 30.6 Å². The normalized spacial score (nSPS) is 14.4. The van der Waals surface area contributed by atoms with Gasteiger partial charge in [-0.1, -0.05) is 18.6 Å². The van der Waals surface area contributed by atoms with Crippen molar-refractivity contribution in [3.05, 3.63) is 78.6 Å². The number of aromatic nitrogens is 7. The van der Waals surface area contributed by atoms with E-state index in [4.69, 9.17) is 4.98 Å². The molecule has 188 valence electrons. The summed E-state index contributed by atoms with van der Waals surface area (Å²) in [6.07, 6.45) is 11.1. The molecule has 0 unspecified atom stereocenters. The molecule has 9 heteroatoms. The Labute approximate surface area is 218 Å². The second-order valence-electron chi connectivity index (χ2n) is 9.73. The predicted octanol–water partition coefficient (Wildman–Crippen LogP) is 5.75. The van der Waals surface area contributed by atoms with E-state index >= 15 is 0 Å². The van der Waals surface area contributed by atoms with Crippen molar-refractivity contribution in [1.29, 1.82) is 0 Å². The molecule has 0 amide bonds. The zero-order valence-corrected chi connectivity index (χ0v) is 20.7. The summed E-state index contributed by atoms with van der Waals surface area (Å²) in [4.78, 5) is 24.2. The van der Waals surface area contributed by atoms with Crippen LogP contribution in [0.1, 0.15) is 24.8 Å². The highest BCUT2D eigenvalue weighted by Gasteiger charge is 2.18. The van der Waals surface area contributed by atoms with Crippen LogP contribution in [0.3, 0.4) is 0 Å². The molecule has 0 radical (unpaired) electrons. The van der Waals surface area contributed by atoms with Crippen LogP contribution < -0.4 is 0 Å². The van der Waals surface area contributed by atoms with Gasteiger partial charge in [-0.25, -0.2) is 9.37 Å². The monoisotopic (exact) mass is 504 g/mol. The minimum atomic E-state index is -0.339. The zero-order valence-electron chi connectivity index (χ0n) is 20.7. The summed E-state index contributed by atoms with van der Waals surface area (Å²) in [5.74, 6) is 0.236. The molecule has 1 aliphatic rings. The van der Waals surface area contributed by atoms with Crippen LogP contribution in [0.2, 0.25) is 0 Å². The standard InChI is InChI=1S/C29H25FN8/c30-22-7-3-2-6-20(22)26-28-23(8-9-32-26)34-29(35-28)27-21-13-24(33-16-25(21)36-37-27)19-12-18(14-31-15-19)17-38-10-4-1-5-11-38/h2-3,6-9,12-16H,1,4-5,10-11,17H2,(H,34,35)(H,36,37).